The molecule has 1 amide bonds. The summed E-state index contributed by atoms with van der Waals surface area (Å²) in [5.74, 6) is -2.02. The Labute approximate surface area is 193 Å². The summed E-state index contributed by atoms with van der Waals surface area (Å²) in [6, 6.07) is 9.64. The second-order valence-corrected chi connectivity index (χ2v) is 8.94. The Bertz CT molecular complexity index is 1090. The van der Waals surface area contributed by atoms with Gasteiger partial charge in [-0.15, -0.1) is 16.4 Å². The van der Waals surface area contributed by atoms with Gasteiger partial charge in [0.05, 0.1) is 15.0 Å². The molecular weight excluding hydrogens is 515 g/mol. The van der Waals surface area contributed by atoms with E-state index < -0.39 is 12.1 Å². The molecule has 0 bridgehead atoms. The first-order valence-electron chi connectivity index (χ1n) is 9.45. The number of nitrogens with one attached hydrogen (secondary N) is 2. The Morgan fingerprint density at radius 3 is 2.53 bits per heavy atom. The number of aliphatic carboxylic acids is 1. The number of carboxylic acids is 1. The molecule has 0 aromatic carbocycles. The first-order valence-corrected chi connectivity index (χ1v) is 11.1. The van der Waals surface area contributed by atoms with E-state index in [0.29, 0.717) is 5.69 Å². The lowest BCUT2D eigenvalue weighted by Crippen LogP contribution is -2.29. The maximum atomic E-state index is 12.7. The number of carbonyl (C=O) groups excluding carboxylic acids is 1. The fraction of sp³-hybridized carbons (Fsp3) is 0.316. The van der Waals surface area contributed by atoms with Gasteiger partial charge in [0.25, 0.3) is 5.91 Å². The minimum Gasteiger partial charge on any atom is -0.475 e. The number of aromatic nitrogens is 2. The molecule has 3 N–H and O–H groups in total. The molecule has 0 saturated carbocycles. The Morgan fingerprint density at radius 1 is 1.16 bits per heavy atom. The fourth-order valence-corrected chi connectivity index (χ4v) is 4.09. The Balaban J connectivity index is 0.000000360. The predicted octanol–water partition coefficient (Wildman–Crippen LogP) is 3.84. The summed E-state index contributed by atoms with van der Waals surface area (Å²) in [6.07, 6.45) is -4.00. The Kier molecular flexibility index (Phi) is 7.74. The van der Waals surface area contributed by atoms with Crippen LogP contribution < -0.4 is 15.5 Å². The van der Waals surface area contributed by atoms with Crippen molar-refractivity contribution in [3.63, 3.8) is 0 Å². The van der Waals surface area contributed by atoms with Gasteiger partial charge in [-0.3, -0.25) is 4.79 Å². The van der Waals surface area contributed by atoms with Gasteiger partial charge in [-0.1, -0.05) is 0 Å². The van der Waals surface area contributed by atoms with E-state index in [4.69, 9.17) is 15.0 Å². The third-order valence-corrected chi connectivity index (χ3v) is 6.18. The van der Waals surface area contributed by atoms with Crippen molar-refractivity contribution in [3.05, 3.63) is 45.2 Å². The van der Waals surface area contributed by atoms with E-state index in [1.807, 2.05) is 35.7 Å². The monoisotopic (exact) mass is 533 g/mol. The van der Waals surface area contributed by atoms with Gasteiger partial charge in [-0.05, 0) is 64.6 Å². The summed E-state index contributed by atoms with van der Waals surface area (Å²) in [7, 11) is 0. The second-order valence-electron chi connectivity index (χ2n) is 6.70. The molecule has 1 aliphatic heterocycles. The van der Waals surface area contributed by atoms with E-state index in [9.17, 15) is 18.0 Å². The summed E-state index contributed by atoms with van der Waals surface area (Å²) in [6.45, 7) is 3.87. The van der Waals surface area contributed by atoms with Crippen LogP contribution in [0.25, 0.3) is 5.52 Å². The summed E-state index contributed by atoms with van der Waals surface area (Å²) in [4.78, 5) is 23.8. The van der Waals surface area contributed by atoms with Gasteiger partial charge in [0.15, 0.2) is 0 Å². The van der Waals surface area contributed by atoms with Crippen molar-refractivity contribution in [2.24, 2.45) is 0 Å². The number of thiophene rings is 1. The smallest absolute Gasteiger partial charge is 0.475 e. The molecule has 0 radical (unpaired) electrons. The molecule has 4 rings (SSSR count). The van der Waals surface area contributed by atoms with Crippen LogP contribution >= 0.6 is 27.3 Å². The third kappa shape index (κ3) is 5.99. The van der Waals surface area contributed by atoms with Gasteiger partial charge in [0.2, 0.25) is 0 Å². The van der Waals surface area contributed by atoms with Crippen LogP contribution in [0, 0.1) is 0 Å². The van der Waals surface area contributed by atoms with Crippen LogP contribution in [-0.2, 0) is 4.79 Å². The molecule has 3 aromatic rings. The quantitative estimate of drug-likeness (QED) is 0.473. The lowest BCUT2D eigenvalue weighted by Gasteiger charge is -2.21. The average molecular weight is 534 g/mol. The molecule has 13 heteroatoms. The highest BCUT2D eigenvalue weighted by Gasteiger charge is 2.38. The molecule has 8 nitrogen and oxygen atoms in total. The number of alkyl halides is 3. The number of amides is 1. The highest BCUT2D eigenvalue weighted by Crippen LogP contribution is 2.28. The normalized spacial score (nSPS) is 14.4. The van der Waals surface area contributed by atoms with E-state index in [1.165, 1.54) is 11.3 Å². The average Bonchev–Trinajstić information content (AvgIpc) is 3.23. The van der Waals surface area contributed by atoms with Gasteiger partial charge in [-0.25, -0.2) is 9.31 Å². The highest BCUT2D eigenvalue weighted by molar-refractivity contribution is 9.11. The zero-order valence-corrected chi connectivity index (χ0v) is 18.9. The molecule has 0 atom stereocenters. The highest BCUT2D eigenvalue weighted by atomic mass is 79.9. The minimum atomic E-state index is -5.08. The lowest BCUT2D eigenvalue weighted by molar-refractivity contribution is -0.192. The van der Waals surface area contributed by atoms with E-state index in [-0.39, 0.29) is 5.91 Å². The van der Waals surface area contributed by atoms with Crippen molar-refractivity contribution in [1.29, 1.82) is 0 Å². The molecule has 0 aliphatic carbocycles. The van der Waals surface area contributed by atoms with Crippen molar-refractivity contribution in [2.75, 3.05) is 36.4 Å². The molecule has 172 valence electrons. The first kappa shape index (κ1) is 24.0. The number of hydrogen-bond donors (Lipinski definition) is 3. The Morgan fingerprint density at radius 2 is 1.88 bits per heavy atom. The molecule has 3 aromatic heterocycles. The van der Waals surface area contributed by atoms with E-state index in [0.717, 1.165) is 53.4 Å². The number of carboxylic acid groups (broad SMARTS) is 1. The lowest BCUT2D eigenvalue weighted by atomic mass is 10.3. The van der Waals surface area contributed by atoms with Crippen LogP contribution in [0.15, 0.2) is 39.5 Å². The number of carbonyl (C=O) groups is 2. The molecule has 1 aliphatic rings. The number of rotatable bonds is 3. The first-order chi connectivity index (χ1) is 15.2. The van der Waals surface area contributed by atoms with Crippen molar-refractivity contribution in [1.82, 2.24) is 14.9 Å². The van der Waals surface area contributed by atoms with Gasteiger partial charge < -0.3 is 20.6 Å². The molecule has 1 fully saturated rings. The number of anilines is 2. The fourth-order valence-electron chi connectivity index (χ4n) is 2.96. The van der Waals surface area contributed by atoms with Crippen molar-refractivity contribution >= 4 is 56.2 Å². The van der Waals surface area contributed by atoms with Crippen LogP contribution in [-0.4, -0.2) is 59.0 Å². The number of hydrogen-bond acceptors (Lipinski definition) is 6. The summed E-state index contributed by atoms with van der Waals surface area (Å²) < 4.78 is 34.4. The second kappa shape index (κ2) is 10.3. The zero-order valence-electron chi connectivity index (χ0n) is 16.5. The van der Waals surface area contributed by atoms with Crippen molar-refractivity contribution in [2.45, 2.75) is 12.6 Å². The van der Waals surface area contributed by atoms with Crippen LogP contribution in [0.1, 0.15) is 16.9 Å². The van der Waals surface area contributed by atoms with Crippen LogP contribution in [0.2, 0.25) is 0 Å². The molecule has 4 heterocycles. The summed E-state index contributed by atoms with van der Waals surface area (Å²) in [5.41, 5.74) is 2.22. The summed E-state index contributed by atoms with van der Waals surface area (Å²) >= 11 is 4.99. The van der Waals surface area contributed by atoms with Crippen LogP contribution in [0.3, 0.4) is 0 Å². The largest absolute Gasteiger partial charge is 0.490 e. The number of nitrogens with zero attached hydrogens (tertiary/aromatic N) is 3. The number of halogens is 4. The van der Waals surface area contributed by atoms with Crippen molar-refractivity contribution < 1.29 is 27.9 Å². The number of fused-ring (bicyclic) bond motifs is 1. The van der Waals surface area contributed by atoms with E-state index in [1.54, 1.807) is 4.52 Å². The SMILES string of the molecule is O=C(Nc1ccsc1Br)c1ccc2ccc(N3CCCNCC3)nn12.O=C(O)C(F)(F)F. The van der Waals surface area contributed by atoms with Crippen molar-refractivity contribution in [3.8, 4) is 0 Å². The summed E-state index contributed by atoms with van der Waals surface area (Å²) in [5, 5.41) is 20.1. The zero-order chi connectivity index (χ0) is 23.3. The topological polar surface area (TPSA) is 99.0 Å². The van der Waals surface area contributed by atoms with Crippen LogP contribution in [0.4, 0.5) is 24.7 Å². The molecule has 32 heavy (non-hydrogen) atoms. The molecule has 0 unspecified atom stereocenters. The van der Waals surface area contributed by atoms with Gasteiger partial charge in [0, 0.05) is 19.6 Å². The molecular formula is C19H19BrF3N5O3S. The predicted molar refractivity (Wildman–Crippen MR) is 119 cm³/mol. The third-order valence-electron chi connectivity index (χ3n) is 4.50. The van der Waals surface area contributed by atoms with Crippen LogP contribution in [0.5, 0.6) is 0 Å². The maximum Gasteiger partial charge on any atom is 0.490 e. The van der Waals surface area contributed by atoms with Gasteiger partial charge >= 0.3 is 12.1 Å². The minimum absolute atomic E-state index is 0.165. The van der Waals surface area contributed by atoms with Gasteiger partial charge in [0.1, 0.15) is 11.5 Å². The molecule has 0 spiro atoms. The van der Waals surface area contributed by atoms with E-state index in [2.05, 4.69) is 31.5 Å². The van der Waals surface area contributed by atoms with Gasteiger partial charge in [-0.2, -0.15) is 13.2 Å². The Hall–Kier alpha value is -2.64. The maximum absolute atomic E-state index is 12.7. The van der Waals surface area contributed by atoms with E-state index >= 15 is 0 Å². The standard InChI is InChI=1S/C17H18BrN5OS.C2HF3O2/c18-16-13(6-11-25-16)20-17(24)14-4-2-12-3-5-15(21-23(12)14)22-9-1-7-19-8-10-22;3-2(4,5)1(6)7/h2-6,11,19H,1,7-10H2,(H,20,24);(H,6,7). The molecule has 1 saturated heterocycles.